The van der Waals surface area contributed by atoms with E-state index in [1.807, 2.05) is 35.9 Å². The van der Waals surface area contributed by atoms with E-state index in [9.17, 15) is 4.79 Å². The number of hydrogen-bond acceptors (Lipinski definition) is 6. The SMILES string of the molecule is COc1ccc(-c2cnc(SCC(=O)Nc3cc(C)on3)n2C)cc1. The number of anilines is 1. The first-order valence-electron chi connectivity index (χ1n) is 7.59. The third-order valence-electron chi connectivity index (χ3n) is 3.56. The highest BCUT2D eigenvalue weighted by molar-refractivity contribution is 7.99. The van der Waals surface area contributed by atoms with E-state index < -0.39 is 0 Å². The maximum absolute atomic E-state index is 12.0. The molecule has 3 rings (SSSR count). The number of benzene rings is 1. The van der Waals surface area contributed by atoms with E-state index in [1.165, 1.54) is 11.8 Å². The Bertz CT molecular complexity index is 870. The summed E-state index contributed by atoms with van der Waals surface area (Å²) in [5.41, 5.74) is 2.00. The minimum Gasteiger partial charge on any atom is -0.497 e. The number of carbonyl (C=O) groups excluding carboxylic acids is 1. The van der Waals surface area contributed by atoms with E-state index in [0.29, 0.717) is 11.6 Å². The summed E-state index contributed by atoms with van der Waals surface area (Å²) in [4.78, 5) is 16.4. The van der Waals surface area contributed by atoms with Crippen LogP contribution in [0.5, 0.6) is 5.75 Å². The number of hydrogen-bond donors (Lipinski definition) is 1. The molecule has 1 aromatic carbocycles. The quantitative estimate of drug-likeness (QED) is 0.682. The van der Waals surface area contributed by atoms with Gasteiger partial charge in [0.15, 0.2) is 11.0 Å². The Balaban J connectivity index is 1.63. The van der Waals surface area contributed by atoms with E-state index in [2.05, 4.69) is 15.5 Å². The Kier molecular flexibility index (Phi) is 5.08. The van der Waals surface area contributed by atoms with Crippen LogP contribution in [0.4, 0.5) is 5.82 Å². The van der Waals surface area contributed by atoms with Gasteiger partial charge in [0.25, 0.3) is 0 Å². The number of aryl methyl sites for hydroxylation is 1. The Morgan fingerprint density at radius 2 is 2.12 bits per heavy atom. The largest absolute Gasteiger partial charge is 0.497 e. The maximum atomic E-state index is 12.0. The summed E-state index contributed by atoms with van der Waals surface area (Å²) in [6.07, 6.45) is 1.79. The van der Waals surface area contributed by atoms with Crippen molar-refractivity contribution in [3.05, 3.63) is 42.3 Å². The second-order valence-corrected chi connectivity index (χ2v) is 6.32. The zero-order valence-corrected chi connectivity index (χ0v) is 15.0. The minimum absolute atomic E-state index is 0.160. The highest BCUT2D eigenvalue weighted by atomic mass is 32.2. The van der Waals surface area contributed by atoms with Gasteiger partial charge in [-0.2, -0.15) is 0 Å². The van der Waals surface area contributed by atoms with Gasteiger partial charge in [0.1, 0.15) is 11.5 Å². The second kappa shape index (κ2) is 7.43. The van der Waals surface area contributed by atoms with Crippen LogP contribution in [0.3, 0.4) is 0 Å². The van der Waals surface area contributed by atoms with Crippen molar-refractivity contribution < 1.29 is 14.1 Å². The fraction of sp³-hybridized carbons (Fsp3) is 0.235. The lowest BCUT2D eigenvalue weighted by atomic mass is 10.1. The molecule has 0 aliphatic heterocycles. The lowest BCUT2D eigenvalue weighted by Crippen LogP contribution is -2.14. The number of thioether (sulfide) groups is 1. The molecule has 0 radical (unpaired) electrons. The molecule has 0 saturated carbocycles. The third kappa shape index (κ3) is 4.03. The van der Waals surface area contributed by atoms with Crippen molar-refractivity contribution in [3.8, 4) is 17.0 Å². The Hall–Kier alpha value is -2.74. The highest BCUT2D eigenvalue weighted by Crippen LogP contribution is 2.26. The number of nitrogens with one attached hydrogen (secondary N) is 1. The molecule has 3 aromatic rings. The van der Waals surface area contributed by atoms with Crippen LogP contribution in [-0.4, -0.2) is 33.5 Å². The third-order valence-corrected chi connectivity index (χ3v) is 4.60. The molecule has 0 saturated heterocycles. The Morgan fingerprint density at radius 1 is 1.36 bits per heavy atom. The summed E-state index contributed by atoms with van der Waals surface area (Å²) in [7, 11) is 3.56. The smallest absolute Gasteiger partial charge is 0.236 e. The van der Waals surface area contributed by atoms with E-state index >= 15 is 0 Å². The number of carbonyl (C=O) groups is 1. The Labute approximate surface area is 149 Å². The standard InChI is InChI=1S/C17H18N4O3S/c1-11-8-15(20-24-11)19-16(22)10-25-17-18-9-14(21(17)2)12-4-6-13(23-3)7-5-12/h4-9H,10H2,1-3H3,(H,19,20,22). The van der Waals surface area contributed by atoms with E-state index in [1.54, 1.807) is 26.3 Å². The summed E-state index contributed by atoms with van der Waals surface area (Å²) in [5.74, 6) is 1.95. The average molecular weight is 358 g/mol. The fourth-order valence-electron chi connectivity index (χ4n) is 2.29. The maximum Gasteiger partial charge on any atom is 0.236 e. The number of imidazole rings is 1. The van der Waals surface area contributed by atoms with Crippen molar-refractivity contribution in [1.29, 1.82) is 0 Å². The average Bonchev–Trinajstić information content (AvgIpc) is 3.19. The molecule has 2 heterocycles. The first kappa shape index (κ1) is 17.1. The zero-order chi connectivity index (χ0) is 17.8. The van der Waals surface area contributed by atoms with Gasteiger partial charge in [-0.05, 0) is 31.2 Å². The number of aromatic nitrogens is 3. The normalized spacial score (nSPS) is 10.7. The highest BCUT2D eigenvalue weighted by Gasteiger charge is 2.12. The van der Waals surface area contributed by atoms with Gasteiger partial charge in [0.05, 0.1) is 24.8 Å². The van der Waals surface area contributed by atoms with Crippen LogP contribution in [0, 0.1) is 6.92 Å². The molecule has 1 amide bonds. The summed E-state index contributed by atoms with van der Waals surface area (Å²) in [6.45, 7) is 1.77. The number of amides is 1. The van der Waals surface area contributed by atoms with Crippen LogP contribution in [0.15, 0.2) is 46.2 Å². The molecule has 0 bridgehead atoms. The van der Waals surface area contributed by atoms with E-state index in [4.69, 9.17) is 9.26 Å². The molecule has 25 heavy (non-hydrogen) atoms. The Morgan fingerprint density at radius 3 is 2.76 bits per heavy atom. The number of rotatable bonds is 6. The van der Waals surface area contributed by atoms with Crippen molar-refractivity contribution in [3.63, 3.8) is 0 Å². The molecule has 0 fully saturated rings. The van der Waals surface area contributed by atoms with Crippen LogP contribution >= 0.6 is 11.8 Å². The lowest BCUT2D eigenvalue weighted by Gasteiger charge is -2.07. The van der Waals surface area contributed by atoms with E-state index in [-0.39, 0.29) is 11.7 Å². The predicted molar refractivity (Wildman–Crippen MR) is 95.8 cm³/mol. The van der Waals surface area contributed by atoms with Crippen molar-refractivity contribution in [1.82, 2.24) is 14.7 Å². The van der Waals surface area contributed by atoms with Gasteiger partial charge in [-0.15, -0.1) is 0 Å². The first-order chi connectivity index (χ1) is 12.1. The van der Waals surface area contributed by atoms with Crippen LogP contribution in [0.2, 0.25) is 0 Å². The molecule has 2 aromatic heterocycles. The summed E-state index contributed by atoms with van der Waals surface area (Å²) in [6, 6.07) is 9.43. The van der Waals surface area contributed by atoms with Crippen LogP contribution in [0.1, 0.15) is 5.76 Å². The monoisotopic (exact) mass is 358 g/mol. The van der Waals surface area contributed by atoms with Crippen LogP contribution in [-0.2, 0) is 11.8 Å². The van der Waals surface area contributed by atoms with Gasteiger partial charge in [-0.25, -0.2) is 4.98 Å². The zero-order valence-electron chi connectivity index (χ0n) is 14.1. The van der Waals surface area contributed by atoms with Gasteiger partial charge < -0.3 is 19.1 Å². The number of ether oxygens (including phenoxy) is 1. The van der Waals surface area contributed by atoms with Crippen LogP contribution in [0.25, 0.3) is 11.3 Å². The first-order valence-corrected chi connectivity index (χ1v) is 8.57. The second-order valence-electron chi connectivity index (χ2n) is 5.37. The lowest BCUT2D eigenvalue weighted by molar-refractivity contribution is -0.113. The molecular formula is C17H18N4O3S. The van der Waals surface area contributed by atoms with Gasteiger partial charge in [-0.3, -0.25) is 4.79 Å². The van der Waals surface area contributed by atoms with Crippen molar-refractivity contribution >= 4 is 23.5 Å². The topological polar surface area (TPSA) is 82.2 Å². The van der Waals surface area contributed by atoms with Gasteiger partial charge in [0, 0.05) is 18.7 Å². The molecule has 0 spiro atoms. The van der Waals surface area contributed by atoms with E-state index in [0.717, 1.165) is 22.2 Å². The molecule has 7 nitrogen and oxygen atoms in total. The van der Waals surface area contributed by atoms with Gasteiger partial charge in [0.2, 0.25) is 5.91 Å². The fourth-order valence-corrected chi connectivity index (χ4v) is 3.04. The molecule has 1 N–H and O–H groups in total. The summed E-state index contributed by atoms with van der Waals surface area (Å²) < 4.78 is 12.1. The molecule has 0 unspecified atom stereocenters. The van der Waals surface area contributed by atoms with Crippen molar-refractivity contribution in [2.75, 3.05) is 18.2 Å². The minimum atomic E-state index is -0.160. The molecular weight excluding hydrogens is 340 g/mol. The molecule has 0 aliphatic rings. The summed E-state index contributed by atoms with van der Waals surface area (Å²) >= 11 is 1.36. The summed E-state index contributed by atoms with van der Waals surface area (Å²) in [5, 5.41) is 7.19. The molecule has 130 valence electrons. The number of methoxy groups -OCH3 is 1. The predicted octanol–water partition coefficient (Wildman–Crippen LogP) is 3.12. The number of nitrogens with zero attached hydrogens (tertiary/aromatic N) is 3. The molecule has 0 atom stereocenters. The van der Waals surface area contributed by atoms with Crippen LogP contribution < -0.4 is 10.1 Å². The van der Waals surface area contributed by atoms with Gasteiger partial charge >= 0.3 is 0 Å². The van der Waals surface area contributed by atoms with Crippen molar-refractivity contribution in [2.24, 2.45) is 7.05 Å². The molecule has 8 heteroatoms. The molecule has 0 aliphatic carbocycles. The van der Waals surface area contributed by atoms with Gasteiger partial charge in [-0.1, -0.05) is 16.9 Å². The van der Waals surface area contributed by atoms with Crippen molar-refractivity contribution in [2.45, 2.75) is 12.1 Å².